The highest BCUT2D eigenvalue weighted by atomic mass is 32.2. The van der Waals surface area contributed by atoms with E-state index in [0.29, 0.717) is 10.1 Å². The van der Waals surface area contributed by atoms with Crippen molar-refractivity contribution < 1.29 is 9.53 Å². The summed E-state index contributed by atoms with van der Waals surface area (Å²) in [5.74, 6) is 1.30. The number of nitrogens with one attached hydrogen (secondary N) is 1. The molecule has 0 unspecified atom stereocenters. The third-order valence-corrected chi connectivity index (χ3v) is 4.46. The Hall–Kier alpha value is -3.04. The Labute approximate surface area is 150 Å². The van der Waals surface area contributed by atoms with Crippen LogP contribution in [0.2, 0.25) is 0 Å². The minimum absolute atomic E-state index is 0.255. The van der Waals surface area contributed by atoms with Gasteiger partial charge in [-0.25, -0.2) is 0 Å². The molecule has 0 atom stereocenters. The van der Waals surface area contributed by atoms with Gasteiger partial charge in [-0.2, -0.15) is 5.26 Å². The highest BCUT2D eigenvalue weighted by Crippen LogP contribution is 2.28. The fourth-order valence-electron chi connectivity index (χ4n) is 2.25. The molecule has 0 bridgehead atoms. The van der Waals surface area contributed by atoms with Crippen LogP contribution in [-0.2, 0) is 4.79 Å². The zero-order valence-electron chi connectivity index (χ0n) is 13.7. The second-order valence-electron chi connectivity index (χ2n) is 5.52. The molecule has 1 aliphatic heterocycles. The summed E-state index contributed by atoms with van der Waals surface area (Å²) in [5.41, 5.74) is 3.07. The van der Waals surface area contributed by atoms with Crippen LogP contribution < -0.4 is 10.1 Å². The number of thioether (sulfide) groups is 1. The Bertz CT molecular complexity index is 925. The predicted octanol–water partition coefficient (Wildman–Crippen LogP) is 4.14. The summed E-state index contributed by atoms with van der Waals surface area (Å²) >= 11 is 1.15. The molecule has 2 aromatic rings. The van der Waals surface area contributed by atoms with E-state index in [-0.39, 0.29) is 5.91 Å². The Morgan fingerprint density at radius 3 is 2.68 bits per heavy atom. The van der Waals surface area contributed by atoms with Crippen molar-refractivity contribution in [1.29, 1.82) is 5.26 Å². The second kappa shape index (κ2) is 7.24. The highest BCUT2D eigenvalue weighted by Gasteiger charge is 2.23. The van der Waals surface area contributed by atoms with Gasteiger partial charge >= 0.3 is 0 Å². The summed E-state index contributed by atoms with van der Waals surface area (Å²) in [6.07, 6.45) is 3.41. The maximum atomic E-state index is 11.8. The third kappa shape index (κ3) is 4.08. The molecule has 2 aromatic carbocycles. The summed E-state index contributed by atoms with van der Waals surface area (Å²) in [7, 11) is 0. The third-order valence-electron chi connectivity index (χ3n) is 3.55. The Morgan fingerprint density at radius 2 is 1.96 bits per heavy atom. The smallest absolute Gasteiger partial charge is 0.264 e. The van der Waals surface area contributed by atoms with E-state index in [1.54, 1.807) is 12.3 Å². The molecule has 0 radical (unpaired) electrons. The van der Waals surface area contributed by atoms with E-state index >= 15 is 0 Å². The molecule has 25 heavy (non-hydrogen) atoms. The van der Waals surface area contributed by atoms with Crippen LogP contribution in [0.5, 0.6) is 11.5 Å². The second-order valence-corrected chi connectivity index (χ2v) is 6.55. The van der Waals surface area contributed by atoms with Gasteiger partial charge in [-0.05, 0) is 66.6 Å². The SMILES string of the molecule is Cc1ccc(C)c(Oc2ccc(C=C3SC(=NC#N)NC3=O)cc2)c1. The number of benzene rings is 2. The average Bonchev–Trinajstić information content (AvgIpc) is 2.92. The Morgan fingerprint density at radius 1 is 1.20 bits per heavy atom. The number of carbonyl (C=O) groups is 1. The Balaban J connectivity index is 1.76. The van der Waals surface area contributed by atoms with E-state index in [4.69, 9.17) is 10.00 Å². The Kier molecular flexibility index (Phi) is 4.87. The van der Waals surface area contributed by atoms with Gasteiger partial charge in [0, 0.05) is 0 Å². The number of amides is 1. The summed E-state index contributed by atoms with van der Waals surface area (Å²) < 4.78 is 5.92. The first-order chi connectivity index (χ1) is 12.0. The molecule has 1 aliphatic rings. The fourth-order valence-corrected chi connectivity index (χ4v) is 3.03. The van der Waals surface area contributed by atoms with Gasteiger partial charge in [-0.1, -0.05) is 24.3 Å². The van der Waals surface area contributed by atoms with Crippen LogP contribution in [0.25, 0.3) is 6.08 Å². The fraction of sp³-hybridized carbons (Fsp3) is 0.105. The zero-order chi connectivity index (χ0) is 17.8. The first-order valence-corrected chi connectivity index (χ1v) is 8.39. The number of carbonyl (C=O) groups excluding carboxylic acids is 1. The number of nitrogens with zero attached hydrogens (tertiary/aromatic N) is 2. The van der Waals surface area contributed by atoms with Crippen molar-refractivity contribution in [2.45, 2.75) is 13.8 Å². The van der Waals surface area contributed by atoms with Crippen LogP contribution in [0, 0.1) is 25.3 Å². The van der Waals surface area contributed by atoms with Crippen LogP contribution in [0.3, 0.4) is 0 Å². The van der Waals surface area contributed by atoms with Crippen molar-refractivity contribution in [3.8, 4) is 17.7 Å². The number of aryl methyl sites for hydroxylation is 2. The van der Waals surface area contributed by atoms with Gasteiger partial charge in [0.25, 0.3) is 5.91 Å². The van der Waals surface area contributed by atoms with Crippen LogP contribution >= 0.6 is 11.8 Å². The van der Waals surface area contributed by atoms with E-state index in [0.717, 1.165) is 40.0 Å². The number of nitriles is 1. The molecular weight excluding hydrogens is 334 g/mol. The van der Waals surface area contributed by atoms with Gasteiger partial charge in [-0.15, -0.1) is 4.99 Å². The van der Waals surface area contributed by atoms with Gasteiger partial charge in [0.2, 0.25) is 6.19 Å². The van der Waals surface area contributed by atoms with E-state index in [1.165, 1.54) is 0 Å². The largest absolute Gasteiger partial charge is 0.457 e. The van der Waals surface area contributed by atoms with Gasteiger partial charge < -0.3 is 4.74 Å². The molecule has 3 rings (SSSR count). The average molecular weight is 349 g/mol. The molecule has 0 spiro atoms. The van der Waals surface area contributed by atoms with Gasteiger partial charge in [0.1, 0.15) is 11.5 Å². The summed E-state index contributed by atoms with van der Waals surface area (Å²) in [6.45, 7) is 4.03. The molecule has 1 fully saturated rings. The van der Waals surface area contributed by atoms with Crippen molar-refractivity contribution in [1.82, 2.24) is 5.32 Å². The minimum atomic E-state index is -0.255. The van der Waals surface area contributed by atoms with Gasteiger partial charge in [0.15, 0.2) is 5.17 Å². The highest BCUT2D eigenvalue weighted by molar-refractivity contribution is 8.18. The molecular formula is C19H15N3O2S. The van der Waals surface area contributed by atoms with Crippen LogP contribution in [0.15, 0.2) is 52.4 Å². The van der Waals surface area contributed by atoms with Gasteiger partial charge in [0.05, 0.1) is 4.91 Å². The summed E-state index contributed by atoms with van der Waals surface area (Å²) in [5, 5.41) is 11.4. The van der Waals surface area contributed by atoms with E-state index in [2.05, 4.69) is 10.3 Å². The first kappa shape index (κ1) is 16.8. The first-order valence-electron chi connectivity index (χ1n) is 7.58. The van der Waals surface area contributed by atoms with Crippen molar-refractivity contribution in [3.63, 3.8) is 0 Å². The zero-order valence-corrected chi connectivity index (χ0v) is 14.6. The standard InChI is InChI=1S/C19H15N3O2S/c1-12-3-4-13(2)16(9-12)24-15-7-5-14(6-8-15)10-17-18(23)22-19(25-17)21-11-20/h3-10H,1-2H3,(H,21,22,23). The quantitative estimate of drug-likeness (QED) is 0.668. The lowest BCUT2D eigenvalue weighted by Gasteiger charge is -2.09. The van der Waals surface area contributed by atoms with Crippen molar-refractivity contribution >= 4 is 28.9 Å². The molecule has 1 saturated heterocycles. The van der Waals surface area contributed by atoms with Crippen molar-refractivity contribution in [3.05, 3.63) is 64.1 Å². The van der Waals surface area contributed by atoms with Gasteiger partial charge in [-0.3, -0.25) is 10.1 Å². The summed E-state index contributed by atoms with van der Waals surface area (Å²) in [4.78, 5) is 15.9. The van der Waals surface area contributed by atoms with Crippen molar-refractivity contribution in [2.75, 3.05) is 0 Å². The lowest BCUT2D eigenvalue weighted by atomic mass is 10.1. The number of hydrogen-bond acceptors (Lipinski definition) is 5. The lowest BCUT2D eigenvalue weighted by Crippen LogP contribution is -2.19. The molecule has 0 saturated carbocycles. The van der Waals surface area contributed by atoms with E-state index in [1.807, 2.05) is 56.3 Å². The van der Waals surface area contributed by atoms with Crippen LogP contribution in [0.4, 0.5) is 0 Å². The lowest BCUT2D eigenvalue weighted by molar-refractivity contribution is -0.115. The molecule has 1 heterocycles. The minimum Gasteiger partial charge on any atom is -0.457 e. The summed E-state index contributed by atoms with van der Waals surface area (Å²) in [6, 6.07) is 13.5. The molecule has 0 aromatic heterocycles. The van der Waals surface area contributed by atoms with Crippen molar-refractivity contribution in [2.24, 2.45) is 4.99 Å². The number of aliphatic imine (C=N–C) groups is 1. The molecule has 5 nitrogen and oxygen atoms in total. The van der Waals surface area contributed by atoms with Crippen LogP contribution in [-0.4, -0.2) is 11.1 Å². The monoisotopic (exact) mass is 349 g/mol. The molecule has 6 heteroatoms. The number of hydrogen-bond donors (Lipinski definition) is 1. The number of amidine groups is 1. The number of ether oxygens (including phenoxy) is 1. The van der Waals surface area contributed by atoms with E-state index < -0.39 is 0 Å². The number of rotatable bonds is 3. The predicted molar refractivity (Wildman–Crippen MR) is 99.2 cm³/mol. The normalized spacial score (nSPS) is 16.8. The van der Waals surface area contributed by atoms with Crippen LogP contribution in [0.1, 0.15) is 16.7 Å². The molecule has 0 aliphatic carbocycles. The maximum absolute atomic E-state index is 11.8. The maximum Gasteiger partial charge on any atom is 0.264 e. The molecule has 1 N–H and O–H groups in total. The van der Waals surface area contributed by atoms with E-state index in [9.17, 15) is 4.79 Å². The topological polar surface area (TPSA) is 74.5 Å². The molecule has 1 amide bonds. The molecule has 124 valence electrons.